The summed E-state index contributed by atoms with van der Waals surface area (Å²) in [6.07, 6.45) is 2.94. The molecule has 0 bridgehead atoms. The summed E-state index contributed by atoms with van der Waals surface area (Å²) in [4.78, 5) is 13.9. The summed E-state index contributed by atoms with van der Waals surface area (Å²) < 4.78 is 1.05. The third-order valence-corrected chi connectivity index (χ3v) is 4.71. The number of carbonyl (C=O) groups is 1. The van der Waals surface area contributed by atoms with Gasteiger partial charge in [0.15, 0.2) is 0 Å². The predicted molar refractivity (Wildman–Crippen MR) is 72.0 cm³/mol. The van der Waals surface area contributed by atoms with E-state index in [4.69, 9.17) is 0 Å². The minimum absolute atomic E-state index is 0.0881. The van der Waals surface area contributed by atoms with Crippen molar-refractivity contribution in [3.8, 4) is 0 Å². The van der Waals surface area contributed by atoms with Crippen LogP contribution in [-0.2, 0) is 10.3 Å². The number of halogens is 1. The number of likely N-dealkylation sites (tertiary alicyclic amines) is 1. The Bertz CT molecular complexity index is 467. The van der Waals surface area contributed by atoms with Gasteiger partial charge in [0.05, 0.1) is 18.1 Å². The maximum atomic E-state index is 12.0. The molecule has 0 radical (unpaired) electrons. The Balaban J connectivity index is 1.95. The topological polar surface area (TPSA) is 40.5 Å². The fraction of sp³-hybridized carbons (Fsp3) is 0.500. The van der Waals surface area contributed by atoms with Crippen molar-refractivity contribution in [3.05, 3.63) is 34.3 Å². The van der Waals surface area contributed by atoms with Crippen LogP contribution in [0.3, 0.4) is 0 Å². The summed E-state index contributed by atoms with van der Waals surface area (Å²) in [5.74, 6) is 0.0881. The highest BCUT2D eigenvalue weighted by Gasteiger charge is 2.49. The average molecular weight is 310 g/mol. The summed E-state index contributed by atoms with van der Waals surface area (Å²) in [6, 6.07) is 8.21. The second-order valence-corrected chi connectivity index (χ2v) is 6.17. The molecule has 2 aliphatic rings. The van der Waals surface area contributed by atoms with Gasteiger partial charge in [-0.25, -0.2) is 0 Å². The van der Waals surface area contributed by atoms with Crippen molar-refractivity contribution in [1.82, 2.24) is 4.90 Å². The van der Waals surface area contributed by atoms with Gasteiger partial charge in [-0.05, 0) is 37.0 Å². The molecule has 1 aliphatic carbocycles. The van der Waals surface area contributed by atoms with Crippen LogP contribution in [-0.4, -0.2) is 28.6 Å². The van der Waals surface area contributed by atoms with Crippen LogP contribution in [0.1, 0.15) is 31.2 Å². The fourth-order valence-corrected chi connectivity index (χ4v) is 3.35. The first-order valence-electron chi connectivity index (χ1n) is 6.36. The van der Waals surface area contributed by atoms with Gasteiger partial charge in [0, 0.05) is 11.0 Å². The molecule has 1 atom stereocenters. The molecule has 1 aromatic rings. The highest BCUT2D eigenvalue weighted by atomic mass is 79.9. The first-order valence-corrected chi connectivity index (χ1v) is 7.16. The molecule has 3 nitrogen and oxygen atoms in total. The maximum absolute atomic E-state index is 12.0. The third kappa shape index (κ3) is 1.79. The largest absolute Gasteiger partial charge is 0.391 e. The second-order valence-electron chi connectivity index (χ2n) is 5.25. The van der Waals surface area contributed by atoms with Crippen LogP contribution < -0.4 is 0 Å². The monoisotopic (exact) mass is 309 g/mol. The van der Waals surface area contributed by atoms with E-state index in [0.717, 1.165) is 23.7 Å². The summed E-state index contributed by atoms with van der Waals surface area (Å²) in [6.45, 7) is 0.481. The van der Waals surface area contributed by atoms with Gasteiger partial charge in [0.1, 0.15) is 0 Å². The number of aliphatic hydroxyl groups is 1. The van der Waals surface area contributed by atoms with Crippen LogP contribution in [0, 0.1) is 0 Å². The summed E-state index contributed by atoms with van der Waals surface area (Å²) in [5.41, 5.74) is 1.04. The molecule has 1 unspecified atom stereocenters. The van der Waals surface area contributed by atoms with Crippen LogP contribution in [0.5, 0.6) is 0 Å². The van der Waals surface area contributed by atoms with E-state index in [1.165, 1.54) is 5.56 Å². The number of β-amino-alcohol motifs (C(OH)–C–C–N with tert-alkyl or cyclic N) is 1. The summed E-state index contributed by atoms with van der Waals surface area (Å²) >= 11 is 3.44. The highest BCUT2D eigenvalue weighted by molar-refractivity contribution is 9.10. The van der Waals surface area contributed by atoms with E-state index >= 15 is 0 Å². The number of rotatable bonds is 2. The lowest BCUT2D eigenvalue weighted by Crippen LogP contribution is -2.52. The molecule has 1 aromatic carbocycles. The van der Waals surface area contributed by atoms with Crippen molar-refractivity contribution in [1.29, 1.82) is 0 Å². The van der Waals surface area contributed by atoms with E-state index in [-0.39, 0.29) is 17.9 Å². The minimum Gasteiger partial charge on any atom is -0.391 e. The van der Waals surface area contributed by atoms with Gasteiger partial charge in [-0.3, -0.25) is 4.79 Å². The molecule has 96 valence electrons. The van der Waals surface area contributed by atoms with Crippen molar-refractivity contribution >= 4 is 21.8 Å². The molecule has 4 heteroatoms. The molecular weight excluding hydrogens is 294 g/mol. The number of amides is 1. The zero-order valence-corrected chi connectivity index (χ0v) is 11.7. The standard InChI is InChI=1S/C14H16BrNO2/c15-11-4-2-10(3-5-11)14(6-1-7-14)16-9-12(17)8-13(16)18/h2-5,12,17H,1,6-9H2. The van der Waals surface area contributed by atoms with Gasteiger partial charge in [-0.2, -0.15) is 0 Å². The zero-order chi connectivity index (χ0) is 12.8. The first-order chi connectivity index (χ1) is 8.62. The number of aliphatic hydroxyl groups excluding tert-OH is 1. The molecule has 1 N–H and O–H groups in total. The maximum Gasteiger partial charge on any atom is 0.226 e. The van der Waals surface area contributed by atoms with E-state index in [9.17, 15) is 9.90 Å². The Morgan fingerprint density at radius 3 is 2.39 bits per heavy atom. The number of hydrogen-bond donors (Lipinski definition) is 1. The van der Waals surface area contributed by atoms with Gasteiger partial charge >= 0.3 is 0 Å². The van der Waals surface area contributed by atoms with Crippen molar-refractivity contribution in [2.24, 2.45) is 0 Å². The first kappa shape index (κ1) is 12.2. The van der Waals surface area contributed by atoms with E-state index in [2.05, 4.69) is 28.1 Å². The average Bonchev–Trinajstić information content (AvgIpc) is 2.60. The lowest BCUT2D eigenvalue weighted by atomic mass is 9.70. The molecule has 1 amide bonds. The highest BCUT2D eigenvalue weighted by Crippen LogP contribution is 2.48. The van der Waals surface area contributed by atoms with Gasteiger partial charge < -0.3 is 10.0 Å². The van der Waals surface area contributed by atoms with E-state index in [0.29, 0.717) is 6.54 Å². The molecule has 1 saturated heterocycles. The van der Waals surface area contributed by atoms with Crippen LogP contribution in [0.4, 0.5) is 0 Å². The fourth-order valence-electron chi connectivity index (χ4n) is 3.09. The zero-order valence-electron chi connectivity index (χ0n) is 10.1. The number of hydrogen-bond acceptors (Lipinski definition) is 2. The lowest BCUT2D eigenvalue weighted by Gasteiger charge is -2.49. The molecule has 0 spiro atoms. The van der Waals surface area contributed by atoms with Gasteiger partial charge in [0.2, 0.25) is 5.91 Å². The molecule has 0 aromatic heterocycles. The van der Waals surface area contributed by atoms with Crippen LogP contribution in [0.25, 0.3) is 0 Å². The lowest BCUT2D eigenvalue weighted by molar-refractivity contribution is -0.137. The van der Waals surface area contributed by atoms with Crippen molar-refractivity contribution < 1.29 is 9.90 Å². The van der Waals surface area contributed by atoms with Crippen molar-refractivity contribution in [2.45, 2.75) is 37.3 Å². The summed E-state index contributed by atoms with van der Waals surface area (Å²) in [5, 5.41) is 9.67. The smallest absolute Gasteiger partial charge is 0.226 e. The summed E-state index contributed by atoms with van der Waals surface area (Å²) in [7, 11) is 0. The predicted octanol–water partition coefficient (Wildman–Crippen LogP) is 2.42. The Morgan fingerprint density at radius 1 is 1.28 bits per heavy atom. The molecule has 1 heterocycles. The number of carbonyl (C=O) groups excluding carboxylic acids is 1. The van der Waals surface area contributed by atoms with Crippen LogP contribution >= 0.6 is 15.9 Å². The third-order valence-electron chi connectivity index (χ3n) is 4.18. The Morgan fingerprint density at radius 2 is 1.94 bits per heavy atom. The second kappa shape index (κ2) is 4.35. The van der Waals surface area contributed by atoms with Crippen molar-refractivity contribution in [2.75, 3.05) is 6.54 Å². The van der Waals surface area contributed by atoms with E-state index < -0.39 is 6.10 Å². The van der Waals surface area contributed by atoms with Gasteiger partial charge in [-0.1, -0.05) is 28.1 Å². The Kier molecular flexibility index (Phi) is 2.94. The van der Waals surface area contributed by atoms with Gasteiger partial charge in [-0.15, -0.1) is 0 Å². The molecule has 1 aliphatic heterocycles. The number of benzene rings is 1. The Labute approximate surface area is 115 Å². The molecule has 3 rings (SSSR count). The van der Waals surface area contributed by atoms with Gasteiger partial charge in [0.25, 0.3) is 0 Å². The quantitative estimate of drug-likeness (QED) is 0.911. The molecular formula is C14H16BrNO2. The Hall–Kier alpha value is -0.870. The van der Waals surface area contributed by atoms with E-state index in [1.807, 2.05) is 17.0 Å². The normalized spacial score (nSPS) is 26.2. The van der Waals surface area contributed by atoms with Crippen molar-refractivity contribution in [3.63, 3.8) is 0 Å². The molecule has 2 fully saturated rings. The van der Waals surface area contributed by atoms with Crippen LogP contribution in [0.2, 0.25) is 0 Å². The van der Waals surface area contributed by atoms with Crippen LogP contribution in [0.15, 0.2) is 28.7 Å². The SMILES string of the molecule is O=C1CC(O)CN1C1(c2ccc(Br)cc2)CCC1. The molecule has 18 heavy (non-hydrogen) atoms. The number of nitrogens with zero attached hydrogens (tertiary/aromatic N) is 1. The molecule has 1 saturated carbocycles. The minimum atomic E-state index is -0.495. The van der Waals surface area contributed by atoms with E-state index in [1.54, 1.807) is 0 Å².